The van der Waals surface area contributed by atoms with Gasteiger partial charge in [-0.15, -0.1) is 10.2 Å². The molecule has 0 bridgehead atoms. The van der Waals surface area contributed by atoms with Crippen molar-refractivity contribution in [3.8, 4) is 0 Å². The molecule has 4 rings (SSSR count). The minimum atomic E-state index is -0.273. The van der Waals surface area contributed by atoms with E-state index >= 15 is 0 Å². The highest BCUT2D eigenvalue weighted by atomic mass is 32.2. The van der Waals surface area contributed by atoms with Gasteiger partial charge in [-0.05, 0) is 50.8 Å². The molecule has 0 radical (unpaired) electrons. The highest BCUT2D eigenvalue weighted by Gasteiger charge is 2.22. The molecule has 1 atom stereocenters. The number of nitrogens with zero attached hydrogens (tertiary/aromatic N) is 3. The maximum Gasteiger partial charge on any atom is 0.239 e. The monoisotopic (exact) mass is 426 g/mol. The highest BCUT2D eigenvalue weighted by Crippen LogP contribution is 2.35. The van der Waals surface area contributed by atoms with Gasteiger partial charge in [0.05, 0.1) is 15.8 Å². The Morgan fingerprint density at radius 3 is 2.76 bits per heavy atom. The molecule has 5 nitrogen and oxygen atoms in total. The van der Waals surface area contributed by atoms with Gasteiger partial charge in [-0.1, -0.05) is 60.6 Å². The molecule has 0 spiro atoms. The maximum atomic E-state index is 12.7. The molecule has 1 unspecified atom stereocenters. The number of carbonyl (C=O) groups is 1. The SMILES string of the molecule is Cc1cc(SC(C)C(=O)Nc2nnc(C3CCCCC3)s2)nc2c(C)cccc12. The van der Waals surface area contributed by atoms with Crippen molar-refractivity contribution in [2.45, 2.75) is 69.1 Å². The van der Waals surface area contributed by atoms with E-state index in [0.29, 0.717) is 11.0 Å². The van der Waals surface area contributed by atoms with Crippen molar-refractivity contribution < 1.29 is 4.79 Å². The van der Waals surface area contributed by atoms with Gasteiger partial charge in [0, 0.05) is 11.3 Å². The zero-order valence-corrected chi connectivity index (χ0v) is 18.7. The first kappa shape index (κ1) is 20.3. The number of pyridine rings is 1. The summed E-state index contributed by atoms with van der Waals surface area (Å²) >= 11 is 3.00. The Bertz CT molecular complexity index is 1030. The Labute approximate surface area is 179 Å². The van der Waals surface area contributed by atoms with Crippen LogP contribution >= 0.6 is 23.1 Å². The number of hydrogen-bond acceptors (Lipinski definition) is 6. The van der Waals surface area contributed by atoms with Gasteiger partial charge in [0.2, 0.25) is 11.0 Å². The largest absolute Gasteiger partial charge is 0.300 e. The zero-order chi connectivity index (χ0) is 20.4. The van der Waals surface area contributed by atoms with Crippen LogP contribution in [0.3, 0.4) is 0 Å². The predicted molar refractivity (Wildman–Crippen MR) is 121 cm³/mol. The number of hydrogen-bond donors (Lipinski definition) is 1. The lowest BCUT2D eigenvalue weighted by atomic mass is 9.90. The summed E-state index contributed by atoms with van der Waals surface area (Å²) in [6.07, 6.45) is 6.20. The number of fused-ring (bicyclic) bond motifs is 1. The van der Waals surface area contributed by atoms with Gasteiger partial charge in [-0.25, -0.2) is 4.98 Å². The summed E-state index contributed by atoms with van der Waals surface area (Å²) in [7, 11) is 0. The average molecular weight is 427 g/mol. The van der Waals surface area contributed by atoms with Gasteiger partial charge in [0.15, 0.2) is 0 Å². The van der Waals surface area contributed by atoms with Crippen molar-refractivity contribution in [2.24, 2.45) is 0 Å². The third-order valence-electron chi connectivity index (χ3n) is 5.52. The Morgan fingerprint density at radius 1 is 1.17 bits per heavy atom. The van der Waals surface area contributed by atoms with Crippen LogP contribution in [0.5, 0.6) is 0 Å². The molecule has 1 aliphatic carbocycles. The highest BCUT2D eigenvalue weighted by molar-refractivity contribution is 8.00. The fourth-order valence-electron chi connectivity index (χ4n) is 3.83. The van der Waals surface area contributed by atoms with E-state index < -0.39 is 0 Å². The first-order valence-electron chi connectivity index (χ1n) is 10.2. The molecule has 152 valence electrons. The van der Waals surface area contributed by atoms with E-state index in [1.807, 2.05) is 6.92 Å². The van der Waals surface area contributed by atoms with Gasteiger partial charge >= 0.3 is 0 Å². The summed E-state index contributed by atoms with van der Waals surface area (Å²) in [5, 5.41) is 14.9. The van der Waals surface area contributed by atoms with Crippen molar-refractivity contribution in [1.29, 1.82) is 0 Å². The van der Waals surface area contributed by atoms with Crippen molar-refractivity contribution in [2.75, 3.05) is 5.32 Å². The quantitative estimate of drug-likeness (QED) is 0.517. The summed E-state index contributed by atoms with van der Waals surface area (Å²) in [5.74, 6) is 0.442. The molecule has 3 aromatic rings. The molecule has 29 heavy (non-hydrogen) atoms. The van der Waals surface area contributed by atoms with Gasteiger partial charge in [0.1, 0.15) is 5.01 Å². The second-order valence-corrected chi connectivity index (χ2v) is 10.1. The number of amides is 1. The minimum absolute atomic E-state index is 0.0642. The lowest BCUT2D eigenvalue weighted by Crippen LogP contribution is -2.22. The molecule has 1 amide bonds. The maximum absolute atomic E-state index is 12.7. The molecule has 0 aliphatic heterocycles. The Kier molecular flexibility index (Phi) is 6.15. The van der Waals surface area contributed by atoms with Crippen LogP contribution in [0.4, 0.5) is 5.13 Å². The van der Waals surface area contributed by atoms with Crippen molar-refractivity contribution in [3.05, 3.63) is 40.4 Å². The van der Waals surface area contributed by atoms with Crippen LogP contribution in [-0.4, -0.2) is 26.3 Å². The van der Waals surface area contributed by atoms with Gasteiger partial charge < -0.3 is 0 Å². The van der Waals surface area contributed by atoms with E-state index in [1.54, 1.807) is 0 Å². The van der Waals surface area contributed by atoms with E-state index in [2.05, 4.69) is 53.6 Å². The fraction of sp³-hybridized carbons (Fsp3) is 0.455. The van der Waals surface area contributed by atoms with E-state index in [0.717, 1.165) is 26.5 Å². The molecule has 2 heterocycles. The topological polar surface area (TPSA) is 67.8 Å². The minimum Gasteiger partial charge on any atom is -0.300 e. The summed E-state index contributed by atoms with van der Waals surface area (Å²) in [4.78, 5) is 17.5. The summed E-state index contributed by atoms with van der Waals surface area (Å²) in [6.45, 7) is 6.06. The molecule has 2 aromatic heterocycles. The molecular weight excluding hydrogens is 400 g/mol. The van der Waals surface area contributed by atoms with Crippen LogP contribution < -0.4 is 5.32 Å². The zero-order valence-electron chi connectivity index (χ0n) is 17.1. The summed E-state index contributed by atoms with van der Waals surface area (Å²) in [5.41, 5.74) is 3.33. The normalized spacial score (nSPS) is 16.1. The summed E-state index contributed by atoms with van der Waals surface area (Å²) < 4.78 is 0. The van der Waals surface area contributed by atoms with Crippen LogP contribution in [0.1, 0.15) is 61.1 Å². The van der Waals surface area contributed by atoms with Crippen LogP contribution in [0.2, 0.25) is 0 Å². The van der Waals surface area contributed by atoms with Crippen LogP contribution in [0, 0.1) is 13.8 Å². The Balaban J connectivity index is 1.43. The standard InChI is InChI=1S/C22H26N4OS2/c1-13-8-7-11-17-14(2)12-18(23-19(13)17)28-15(3)20(27)24-22-26-25-21(29-22)16-9-5-4-6-10-16/h7-8,11-12,15-16H,4-6,9-10H2,1-3H3,(H,24,26,27). The molecule has 0 saturated heterocycles. The Hall–Kier alpha value is -1.99. The smallest absolute Gasteiger partial charge is 0.239 e. The fourth-order valence-corrected chi connectivity index (χ4v) is 5.67. The predicted octanol–water partition coefficient (Wildman–Crippen LogP) is 5.87. The number of nitrogens with one attached hydrogen (secondary N) is 1. The van der Waals surface area contributed by atoms with Crippen molar-refractivity contribution in [1.82, 2.24) is 15.2 Å². The second kappa shape index (κ2) is 8.79. The number of thioether (sulfide) groups is 1. The van der Waals surface area contributed by atoms with Crippen LogP contribution in [-0.2, 0) is 4.79 Å². The number of benzene rings is 1. The number of rotatable bonds is 5. The number of aryl methyl sites for hydroxylation is 2. The van der Waals surface area contributed by atoms with Crippen LogP contribution in [0.25, 0.3) is 10.9 Å². The molecule has 1 N–H and O–H groups in total. The molecule has 1 saturated carbocycles. The molecule has 1 fully saturated rings. The van der Waals surface area contributed by atoms with Crippen molar-refractivity contribution in [3.63, 3.8) is 0 Å². The van der Waals surface area contributed by atoms with Crippen molar-refractivity contribution >= 4 is 45.0 Å². The summed E-state index contributed by atoms with van der Waals surface area (Å²) in [6, 6.07) is 8.27. The molecule has 7 heteroatoms. The molecule has 1 aromatic carbocycles. The van der Waals surface area contributed by atoms with Gasteiger partial charge in [-0.3, -0.25) is 10.1 Å². The number of aromatic nitrogens is 3. The lowest BCUT2D eigenvalue weighted by molar-refractivity contribution is -0.115. The first-order chi connectivity index (χ1) is 14.0. The number of anilines is 1. The molecule has 1 aliphatic rings. The Morgan fingerprint density at radius 2 is 1.97 bits per heavy atom. The van der Waals surface area contributed by atoms with E-state index in [-0.39, 0.29) is 11.2 Å². The second-order valence-electron chi connectivity index (χ2n) is 7.78. The van der Waals surface area contributed by atoms with Gasteiger partial charge in [-0.2, -0.15) is 0 Å². The van der Waals surface area contributed by atoms with E-state index in [1.165, 1.54) is 60.8 Å². The van der Waals surface area contributed by atoms with E-state index in [9.17, 15) is 4.79 Å². The molecular formula is C22H26N4OS2. The van der Waals surface area contributed by atoms with Gasteiger partial charge in [0.25, 0.3) is 0 Å². The lowest BCUT2D eigenvalue weighted by Gasteiger charge is -2.18. The third-order valence-corrected chi connectivity index (χ3v) is 7.54. The van der Waals surface area contributed by atoms with Crippen LogP contribution in [0.15, 0.2) is 29.3 Å². The van der Waals surface area contributed by atoms with E-state index in [4.69, 9.17) is 4.98 Å². The number of carbonyl (C=O) groups excluding carboxylic acids is 1. The third kappa shape index (κ3) is 4.61. The average Bonchev–Trinajstić information content (AvgIpc) is 3.18. The number of para-hydroxylation sites is 1. The first-order valence-corrected chi connectivity index (χ1v) is 11.9.